The molecular weight excluding hydrogens is 445 g/mol. The summed E-state index contributed by atoms with van der Waals surface area (Å²) in [4.78, 5) is 7.98. The van der Waals surface area contributed by atoms with Crippen LogP contribution in [0.4, 0.5) is 36.3 Å². The largest absolute Gasteiger partial charge is 0.491 e. The van der Waals surface area contributed by atoms with Crippen molar-refractivity contribution in [3.63, 3.8) is 0 Å². The standard InChI is InChI=1S/C25H29F3N4O2/c1-4-6-15-33-22-10-8-7-9-21(22)31-23-20(25(26,27)28)16-29-24(32-23)30-18-11-13-19(14-12-18)34-17(3)5-2/h7-14,16-17H,4-6,15H2,1-3H3,(H2,29,30,31,32). The van der Waals surface area contributed by atoms with E-state index < -0.39 is 11.7 Å². The Balaban J connectivity index is 1.84. The molecular formula is C25H29F3N4O2. The molecule has 34 heavy (non-hydrogen) atoms. The van der Waals surface area contributed by atoms with Crippen molar-refractivity contribution >= 4 is 23.1 Å². The van der Waals surface area contributed by atoms with Crippen LogP contribution in [0.2, 0.25) is 0 Å². The number of nitrogens with one attached hydrogen (secondary N) is 2. The van der Waals surface area contributed by atoms with Crippen LogP contribution in [0, 0.1) is 0 Å². The van der Waals surface area contributed by atoms with Gasteiger partial charge in [-0.05, 0) is 56.2 Å². The van der Waals surface area contributed by atoms with Crippen molar-refractivity contribution in [3.05, 3.63) is 60.3 Å². The first-order chi connectivity index (χ1) is 16.3. The highest BCUT2D eigenvalue weighted by molar-refractivity contribution is 5.67. The maximum atomic E-state index is 13.7. The number of benzene rings is 2. The Labute approximate surface area is 197 Å². The van der Waals surface area contributed by atoms with Crippen molar-refractivity contribution in [1.29, 1.82) is 0 Å². The lowest BCUT2D eigenvalue weighted by molar-refractivity contribution is -0.137. The fourth-order valence-electron chi connectivity index (χ4n) is 2.96. The van der Waals surface area contributed by atoms with Gasteiger partial charge in [0.25, 0.3) is 0 Å². The summed E-state index contributed by atoms with van der Waals surface area (Å²) in [6, 6.07) is 13.9. The lowest BCUT2D eigenvalue weighted by atomic mass is 10.2. The molecule has 6 nitrogen and oxygen atoms in total. The fraction of sp³-hybridized carbons (Fsp3) is 0.360. The van der Waals surface area contributed by atoms with Crippen molar-refractivity contribution in [2.24, 2.45) is 0 Å². The van der Waals surface area contributed by atoms with Gasteiger partial charge in [-0.3, -0.25) is 0 Å². The monoisotopic (exact) mass is 474 g/mol. The first-order valence-electron chi connectivity index (χ1n) is 11.3. The molecule has 1 aromatic heterocycles. The predicted molar refractivity (Wildman–Crippen MR) is 127 cm³/mol. The van der Waals surface area contributed by atoms with E-state index in [1.165, 1.54) is 0 Å². The minimum Gasteiger partial charge on any atom is -0.491 e. The molecule has 0 saturated heterocycles. The second-order valence-corrected chi connectivity index (χ2v) is 7.76. The first kappa shape index (κ1) is 25.1. The zero-order valence-corrected chi connectivity index (χ0v) is 19.4. The maximum Gasteiger partial charge on any atom is 0.421 e. The fourth-order valence-corrected chi connectivity index (χ4v) is 2.96. The number of halogens is 3. The quantitative estimate of drug-likeness (QED) is 0.283. The number of aromatic nitrogens is 2. The van der Waals surface area contributed by atoms with E-state index in [4.69, 9.17) is 9.47 Å². The molecule has 1 heterocycles. The molecule has 3 rings (SSSR count). The molecule has 0 radical (unpaired) electrons. The summed E-state index contributed by atoms with van der Waals surface area (Å²) in [6.45, 7) is 6.51. The number of unbranched alkanes of at least 4 members (excludes halogenated alkanes) is 1. The third kappa shape index (κ3) is 7.00. The molecule has 0 aliphatic heterocycles. The summed E-state index contributed by atoms with van der Waals surface area (Å²) in [5.41, 5.74) is 0.0320. The third-order valence-electron chi connectivity index (χ3n) is 5.01. The van der Waals surface area contributed by atoms with Crippen LogP contribution in [0.1, 0.15) is 45.6 Å². The van der Waals surface area contributed by atoms with Crippen LogP contribution in [0.3, 0.4) is 0 Å². The number of hydrogen-bond acceptors (Lipinski definition) is 6. The summed E-state index contributed by atoms with van der Waals surface area (Å²) < 4.78 is 52.4. The summed E-state index contributed by atoms with van der Waals surface area (Å²) >= 11 is 0. The van der Waals surface area contributed by atoms with Gasteiger partial charge in [0, 0.05) is 11.9 Å². The van der Waals surface area contributed by atoms with E-state index in [1.807, 2.05) is 20.8 Å². The number of hydrogen-bond donors (Lipinski definition) is 2. The summed E-state index contributed by atoms with van der Waals surface area (Å²) in [5, 5.41) is 5.73. The molecule has 0 bridgehead atoms. The van der Waals surface area contributed by atoms with E-state index in [0.717, 1.165) is 25.5 Å². The van der Waals surface area contributed by atoms with E-state index >= 15 is 0 Å². The molecule has 0 aliphatic rings. The predicted octanol–water partition coefficient (Wildman–Crippen LogP) is 7.34. The average Bonchev–Trinajstić information content (AvgIpc) is 2.81. The minimum atomic E-state index is -4.63. The van der Waals surface area contributed by atoms with Crippen LogP contribution in [-0.4, -0.2) is 22.7 Å². The Kier molecular flexibility index (Phi) is 8.56. The van der Waals surface area contributed by atoms with Gasteiger partial charge < -0.3 is 20.1 Å². The van der Waals surface area contributed by atoms with Crippen LogP contribution in [0.5, 0.6) is 11.5 Å². The van der Waals surface area contributed by atoms with Gasteiger partial charge in [-0.15, -0.1) is 0 Å². The zero-order valence-electron chi connectivity index (χ0n) is 19.4. The molecule has 0 spiro atoms. The van der Waals surface area contributed by atoms with E-state index in [9.17, 15) is 13.2 Å². The zero-order chi connectivity index (χ0) is 24.6. The lowest BCUT2D eigenvalue weighted by Gasteiger charge is -2.17. The van der Waals surface area contributed by atoms with Crippen LogP contribution in [-0.2, 0) is 6.18 Å². The molecule has 9 heteroatoms. The summed E-state index contributed by atoms with van der Waals surface area (Å²) in [7, 11) is 0. The van der Waals surface area contributed by atoms with Crippen molar-refractivity contribution < 1.29 is 22.6 Å². The van der Waals surface area contributed by atoms with Crippen LogP contribution in [0.25, 0.3) is 0 Å². The van der Waals surface area contributed by atoms with Gasteiger partial charge in [-0.25, -0.2) is 4.98 Å². The third-order valence-corrected chi connectivity index (χ3v) is 5.01. The van der Waals surface area contributed by atoms with Crippen LogP contribution < -0.4 is 20.1 Å². The Morgan fingerprint density at radius 3 is 2.41 bits per heavy atom. The number of ether oxygens (including phenoxy) is 2. The Morgan fingerprint density at radius 1 is 1.00 bits per heavy atom. The number of alkyl halides is 3. The summed E-state index contributed by atoms with van der Waals surface area (Å²) in [5.74, 6) is 0.813. The summed E-state index contributed by atoms with van der Waals surface area (Å²) in [6.07, 6.45) is -1.13. The molecule has 2 aromatic carbocycles. The number of anilines is 4. The maximum absolute atomic E-state index is 13.7. The molecule has 0 fully saturated rings. The molecule has 0 aliphatic carbocycles. The van der Waals surface area contributed by atoms with Gasteiger partial charge in [0.1, 0.15) is 22.9 Å². The van der Waals surface area contributed by atoms with Crippen LogP contribution >= 0.6 is 0 Å². The lowest BCUT2D eigenvalue weighted by Crippen LogP contribution is -2.13. The molecule has 3 aromatic rings. The first-order valence-corrected chi connectivity index (χ1v) is 11.3. The molecule has 1 unspecified atom stereocenters. The van der Waals surface area contributed by atoms with Gasteiger partial charge in [0.15, 0.2) is 0 Å². The van der Waals surface area contributed by atoms with Gasteiger partial charge in [0.05, 0.1) is 18.4 Å². The van der Waals surface area contributed by atoms with E-state index in [0.29, 0.717) is 29.5 Å². The van der Waals surface area contributed by atoms with E-state index in [1.54, 1.807) is 48.5 Å². The topological polar surface area (TPSA) is 68.3 Å². The highest BCUT2D eigenvalue weighted by Gasteiger charge is 2.35. The van der Waals surface area contributed by atoms with Crippen molar-refractivity contribution in [2.45, 2.75) is 52.3 Å². The molecule has 1 atom stereocenters. The second kappa shape index (κ2) is 11.6. The van der Waals surface area contributed by atoms with Gasteiger partial charge in [-0.1, -0.05) is 32.4 Å². The number of nitrogens with zero attached hydrogens (tertiary/aromatic N) is 2. The average molecular weight is 475 g/mol. The molecule has 0 amide bonds. The highest BCUT2D eigenvalue weighted by Crippen LogP contribution is 2.37. The second-order valence-electron chi connectivity index (χ2n) is 7.76. The molecule has 182 valence electrons. The van der Waals surface area contributed by atoms with Gasteiger partial charge in [-0.2, -0.15) is 18.2 Å². The van der Waals surface area contributed by atoms with E-state index in [2.05, 4.69) is 20.6 Å². The van der Waals surface area contributed by atoms with Crippen molar-refractivity contribution in [3.8, 4) is 11.5 Å². The Morgan fingerprint density at radius 2 is 1.74 bits per heavy atom. The van der Waals surface area contributed by atoms with Gasteiger partial charge >= 0.3 is 6.18 Å². The van der Waals surface area contributed by atoms with E-state index in [-0.39, 0.29) is 17.9 Å². The van der Waals surface area contributed by atoms with Crippen molar-refractivity contribution in [1.82, 2.24) is 9.97 Å². The number of para-hydroxylation sites is 2. The molecule has 2 N–H and O–H groups in total. The normalized spacial score (nSPS) is 12.2. The Hall–Kier alpha value is -3.49. The van der Waals surface area contributed by atoms with Crippen LogP contribution in [0.15, 0.2) is 54.7 Å². The smallest absolute Gasteiger partial charge is 0.421 e. The van der Waals surface area contributed by atoms with Gasteiger partial charge in [0.2, 0.25) is 5.95 Å². The number of rotatable bonds is 11. The minimum absolute atomic E-state index is 0.0236. The Bertz CT molecular complexity index is 1060. The SMILES string of the molecule is CCCCOc1ccccc1Nc1nc(Nc2ccc(OC(C)CC)cc2)ncc1C(F)(F)F. The van der Waals surface area contributed by atoms with Crippen molar-refractivity contribution in [2.75, 3.05) is 17.2 Å². The highest BCUT2D eigenvalue weighted by atomic mass is 19.4. The molecule has 0 saturated carbocycles.